The quantitative estimate of drug-likeness (QED) is 0.312. The van der Waals surface area contributed by atoms with Crippen LogP contribution in [-0.2, 0) is 22.5 Å². The van der Waals surface area contributed by atoms with Crippen molar-refractivity contribution in [3.63, 3.8) is 0 Å². The van der Waals surface area contributed by atoms with Crippen LogP contribution in [0.3, 0.4) is 0 Å². The van der Waals surface area contributed by atoms with Crippen LogP contribution in [0.5, 0.6) is 0 Å². The van der Waals surface area contributed by atoms with Crippen LogP contribution in [0.25, 0.3) is 22.2 Å². The van der Waals surface area contributed by atoms with Gasteiger partial charge in [0.25, 0.3) is 5.91 Å². The van der Waals surface area contributed by atoms with E-state index in [0.717, 1.165) is 46.3 Å². The summed E-state index contributed by atoms with van der Waals surface area (Å²) < 4.78 is 7.44. The minimum atomic E-state index is -0.262. The minimum absolute atomic E-state index is 0.0385. The second kappa shape index (κ2) is 10.9. The number of carbonyl (C=O) groups is 2. The summed E-state index contributed by atoms with van der Waals surface area (Å²) in [7, 11) is 1.62. The highest BCUT2D eigenvalue weighted by Crippen LogP contribution is 2.39. The topological polar surface area (TPSA) is 124 Å². The molecule has 0 bridgehead atoms. The number of amides is 2. The van der Waals surface area contributed by atoms with Crippen molar-refractivity contribution in [2.45, 2.75) is 31.5 Å². The second-order valence-corrected chi connectivity index (χ2v) is 9.31. The molecule has 5 rings (SSSR count). The van der Waals surface area contributed by atoms with Crippen LogP contribution in [0, 0.1) is 0 Å². The van der Waals surface area contributed by atoms with Crippen molar-refractivity contribution < 1.29 is 14.3 Å². The van der Waals surface area contributed by atoms with Gasteiger partial charge in [-0.2, -0.15) is 0 Å². The van der Waals surface area contributed by atoms with Gasteiger partial charge >= 0.3 is 0 Å². The van der Waals surface area contributed by atoms with E-state index in [1.165, 1.54) is 12.4 Å². The normalized spacial score (nSPS) is 15.4. The van der Waals surface area contributed by atoms with Crippen LogP contribution >= 0.6 is 0 Å². The minimum Gasteiger partial charge on any atom is -0.383 e. The van der Waals surface area contributed by atoms with E-state index in [2.05, 4.69) is 31.7 Å². The molecule has 0 radical (unpaired) electrons. The maximum atomic E-state index is 13.1. The Labute approximate surface area is 220 Å². The van der Waals surface area contributed by atoms with Crippen LogP contribution in [0.15, 0.2) is 73.6 Å². The predicted octanol–water partition coefficient (Wildman–Crippen LogP) is 3.42. The van der Waals surface area contributed by atoms with Gasteiger partial charge < -0.3 is 25.7 Å². The van der Waals surface area contributed by atoms with Crippen molar-refractivity contribution in [2.24, 2.45) is 0 Å². The van der Waals surface area contributed by atoms with Gasteiger partial charge in [0, 0.05) is 36.5 Å². The number of ether oxygens (including phenoxy) is 1. The average molecular weight is 511 g/mol. The highest BCUT2D eigenvalue weighted by Gasteiger charge is 2.28. The lowest BCUT2D eigenvalue weighted by Gasteiger charge is -2.26. The number of methoxy groups -OCH3 is 1. The van der Waals surface area contributed by atoms with E-state index >= 15 is 0 Å². The molecule has 3 heterocycles. The Morgan fingerprint density at radius 2 is 1.95 bits per heavy atom. The standard InChI is InChI=1S/C29H30N6O3/c1-3-24(36)33-21-13-14-23-25(26-27(30)31-17-32-28(26)35(23)15-21)19-9-11-20(12-10-19)29(37)34-22(16-38-2)18-7-5-4-6-8-18/h3-12,17,21-22H,1,13-16H2,2H3,(H,33,36)(H,34,37)(H2,30,31,32)/t21-,22?/m1/s1. The number of hydrogen-bond acceptors (Lipinski definition) is 6. The summed E-state index contributed by atoms with van der Waals surface area (Å²) in [5, 5.41) is 6.83. The lowest BCUT2D eigenvalue weighted by molar-refractivity contribution is -0.117. The summed E-state index contributed by atoms with van der Waals surface area (Å²) in [5.41, 5.74) is 11.5. The van der Waals surface area contributed by atoms with Gasteiger partial charge in [-0.25, -0.2) is 9.97 Å². The summed E-state index contributed by atoms with van der Waals surface area (Å²) in [6.45, 7) is 4.48. The lowest BCUT2D eigenvalue weighted by atomic mass is 9.96. The first kappa shape index (κ1) is 25.2. The predicted molar refractivity (Wildman–Crippen MR) is 146 cm³/mol. The van der Waals surface area contributed by atoms with Crippen LogP contribution in [-0.4, -0.2) is 46.1 Å². The molecule has 2 aromatic carbocycles. The molecule has 38 heavy (non-hydrogen) atoms. The molecule has 0 spiro atoms. The zero-order valence-corrected chi connectivity index (χ0v) is 21.2. The fourth-order valence-electron chi connectivity index (χ4n) is 5.11. The SMILES string of the molecule is C=CC(=O)N[C@@H]1CCc2c(-c3ccc(C(=O)NC(COC)c4ccccc4)cc3)c3c(N)ncnc3n2C1. The monoisotopic (exact) mass is 510 g/mol. The number of carbonyl (C=O) groups excluding carboxylic acids is 2. The number of hydrogen-bond donors (Lipinski definition) is 3. The lowest BCUT2D eigenvalue weighted by Crippen LogP contribution is -2.40. The van der Waals surface area contributed by atoms with Crippen molar-refractivity contribution in [2.75, 3.05) is 19.5 Å². The molecule has 194 valence electrons. The Kier molecular flexibility index (Phi) is 7.19. The third kappa shape index (κ3) is 4.88. The van der Waals surface area contributed by atoms with Gasteiger partial charge in [-0.15, -0.1) is 0 Å². The van der Waals surface area contributed by atoms with Gasteiger partial charge in [0.15, 0.2) is 0 Å². The Bertz CT molecular complexity index is 1480. The molecule has 1 aliphatic rings. The first-order chi connectivity index (χ1) is 18.5. The summed E-state index contributed by atoms with van der Waals surface area (Å²) in [6, 6.07) is 16.9. The van der Waals surface area contributed by atoms with Crippen molar-refractivity contribution in [3.05, 3.63) is 90.4 Å². The molecular formula is C29H30N6O3. The average Bonchev–Trinajstić information content (AvgIpc) is 3.28. The van der Waals surface area contributed by atoms with Crippen LogP contribution in [0.1, 0.15) is 34.1 Å². The number of nitrogens with two attached hydrogens (primary N) is 1. The van der Waals surface area contributed by atoms with E-state index in [1.807, 2.05) is 54.6 Å². The Hall–Kier alpha value is -4.50. The molecule has 0 fully saturated rings. The second-order valence-electron chi connectivity index (χ2n) is 9.31. The van der Waals surface area contributed by atoms with Gasteiger partial charge in [0.05, 0.1) is 18.0 Å². The molecule has 1 aliphatic heterocycles. The van der Waals surface area contributed by atoms with Crippen molar-refractivity contribution in [1.29, 1.82) is 0 Å². The Morgan fingerprint density at radius 3 is 2.66 bits per heavy atom. The maximum absolute atomic E-state index is 13.1. The number of nitrogens with one attached hydrogen (secondary N) is 2. The van der Waals surface area contributed by atoms with Crippen LogP contribution in [0.2, 0.25) is 0 Å². The van der Waals surface area contributed by atoms with Gasteiger partial charge in [-0.05, 0) is 42.2 Å². The van der Waals surface area contributed by atoms with E-state index in [9.17, 15) is 9.59 Å². The molecule has 9 heteroatoms. The van der Waals surface area contributed by atoms with Crippen molar-refractivity contribution >= 4 is 28.7 Å². The molecule has 0 saturated carbocycles. The third-order valence-corrected chi connectivity index (χ3v) is 6.92. The first-order valence-corrected chi connectivity index (χ1v) is 12.5. The van der Waals surface area contributed by atoms with E-state index in [-0.39, 0.29) is 23.9 Å². The molecule has 2 amide bonds. The van der Waals surface area contributed by atoms with E-state index in [1.54, 1.807) is 7.11 Å². The fourth-order valence-corrected chi connectivity index (χ4v) is 5.11. The van der Waals surface area contributed by atoms with Crippen molar-refractivity contribution in [1.82, 2.24) is 25.2 Å². The number of anilines is 1. The zero-order chi connectivity index (χ0) is 26.6. The highest BCUT2D eigenvalue weighted by molar-refractivity contribution is 6.03. The Morgan fingerprint density at radius 1 is 1.18 bits per heavy atom. The number of aromatic nitrogens is 3. The molecule has 0 saturated heterocycles. The van der Waals surface area contributed by atoms with E-state index in [4.69, 9.17) is 10.5 Å². The van der Waals surface area contributed by atoms with Gasteiger partial charge in [-0.3, -0.25) is 9.59 Å². The van der Waals surface area contributed by atoms with Crippen LogP contribution < -0.4 is 16.4 Å². The Balaban J connectivity index is 1.45. The van der Waals surface area contributed by atoms with Gasteiger partial charge in [0.2, 0.25) is 5.91 Å². The molecule has 9 nitrogen and oxygen atoms in total. The number of fused-ring (bicyclic) bond motifs is 3. The number of nitrogen functional groups attached to an aromatic ring is 1. The molecule has 4 N–H and O–H groups in total. The number of rotatable bonds is 8. The summed E-state index contributed by atoms with van der Waals surface area (Å²) >= 11 is 0. The zero-order valence-electron chi connectivity index (χ0n) is 21.2. The molecule has 1 unspecified atom stereocenters. The first-order valence-electron chi connectivity index (χ1n) is 12.5. The fraction of sp³-hybridized carbons (Fsp3) is 0.241. The molecule has 2 atom stereocenters. The summed E-state index contributed by atoms with van der Waals surface area (Å²) in [4.78, 5) is 33.7. The van der Waals surface area contributed by atoms with Gasteiger partial charge in [-0.1, -0.05) is 49.0 Å². The molecule has 0 aliphatic carbocycles. The summed E-state index contributed by atoms with van der Waals surface area (Å²) in [6.07, 6.45) is 4.24. The molecular weight excluding hydrogens is 480 g/mol. The van der Waals surface area contributed by atoms with E-state index < -0.39 is 0 Å². The molecule has 4 aromatic rings. The van der Waals surface area contributed by atoms with E-state index in [0.29, 0.717) is 24.5 Å². The van der Waals surface area contributed by atoms with Crippen LogP contribution in [0.4, 0.5) is 5.82 Å². The highest BCUT2D eigenvalue weighted by atomic mass is 16.5. The smallest absolute Gasteiger partial charge is 0.251 e. The third-order valence-electron chi connectivity index (χ3n) is 6.92. The number of benzene rings is 2. The molecule has 2 aromatic heterocycles. The van der Waals surface area contributed by atoms with Gasteiger partial charge in [0.1, 0.15) is 17.8 Å². The largest absolute Gasteiger partial charge is 0.383 e. The number of nitrogens with zero attached hydrogens (tertiary/aromatic N) is 3. The maximum Gasteiger partial charge on any atom is 0.251 e. The summed E-state index contributed by atoms with van der Waals surface area (Å²) in [5.74, 6) is 0.0127. The van der Waals surface area contributed by atoms with Crippen molar-refractivity contribution in [3.8, 4) is 11.1 Å².